The molecule has 3 heteroatoms. The summed E-state index contributed by atoms with van der Waals surface area (Å²) in [6.07, 6.45) is 0.812. The van der Waals surface area contributed by atoms with E-state index in [2.05, 4.69) is 24.6 Å². The second-order valence-electron chi connectivity index (χ2n) is 3.69. The first-order valence-corrected chi connectivity index (χ1v) is 5.33. The molecule has 86 valence electrons. The van der Waals surface area contributed by atoms with Crippen molar-refractivity contribution in [1.29, 1.82) is 0 Å². The topological polar surface area (TPSA) is 29.5 Å². The van der Waals surface area contributed by atoms with Gasteiger partial charge in [0.15, 0.2) is 0 Å². The zero-order chi connectivity index (χ0) is 12.0. The first kappa shape index (κ1) is 12.5. The van der Waals surface area contributed by atoms with Gasteiger partial charge < -0.3 is 4.74 Å². The molecule has 0 radical (unpaired) electrons. The zero-order valence-corrected chi connectivity index (χ0v) is 9.71. The van der Waals surface area contributed by atoms with Gasteiger partial charge in [-0.15, -0.1) is 11.5 Å². The molecule has 0 aromatic carbocycles. The normalized spacial score (nSPS) is 16.6. The summed E-state index contributed by atoms with van der Waals surface area (Å²) in [4.78, 5) is 13.3. The van der Waals surface area contributed by atoms with Gasteiger partial charge in [-0.3, -0.25) is 9.69 Å². The quantitative estimate of drug-likeness (QED) is 0.534. The van der Waals surface area contributed by atoms with Crippen molar-refractivity contribution >= 4 is 5.97 Å². The van der Waals surface area contributed by atoms with Crippen LogP contribution < -0.4 is 0 Å². The van der Waals surface area contributed by atoms with Gasteiger partial charge >= 0.3 is 5.97 Å². The Morgan fingerprint density at radius 1 is 1.38 bits per heavy atom. The number of likely N-dealkylation sites (tertiary alicyclic amines) is 1. The smallest absolute Gasteiger partial charge is 0.320 e. The number of carbonyl (C=O) groups is 1. The van der Waals surface area contributed by atoms with E-state index in [1.807, 2.05) is 4.90 Å². The van der Waals surface area contributed by atoms with Crippen molar-refractivity contribution in [2.75, 3.05) is 26.2 Å². The number of esters is 1. The first-order valence-electron chi connectivity index (χ1n) is 5.33. The lowest BCUT2D eigenvalue weighted by atomic mass is 10.0. The minimum Gasteiger partial charge on any atom is -0.465 e. The summed E-state index contributed by atoms with van der Waals surface area (Å²) in [6.45, 7) is 11.2. The monoisotopic (exact) mass is 219 g/mol. The third-order valence-electron chi connectivity index (χ3n) is 2.41. The van der Waals surface area contributed by atoms with Crippen LogP contribution in [0.5, 0.6) is 0 Å². The molecule has 0 aromatic rings. The van der Waals surface area contributed by atoms with Gasteiger partial charge in [0, 0.05) is 19.5 Å². The van der Waals surface area contributed by atoms with E-state index in [0.717, 1.165) is 17.6 Å². The fourth-order valence-corrected chi connectivity index (χ4v) is 1.70. The summed E-state index contributed by atoms with van der Waals surface area (Å²) in [5, 5.41) is 0. The number of hydrogen-bond donors (Lipinski definition) is 0. The minimum atomic E-state index is -0.198. The molecule has 1 heterocycles. The third-order valence-corrected chi connectivity index (χ3v) is 2.41. The van der Waals surface area contributed by atoms with Gasteiger partial charge in [0.25, 0.3) is 0 Å². The Bertz CT molecular complexity index is 345. The summed E-state index contributed by atoms with van der Waals surface area (Å²) in [5.74, 6) is -0.198. The molecule has 1 saturated heterocycles. The fraction of sp³-hybridized carbons (Fsp3) is 0.462. The molecule has 0 amide bonds. The largest absolute Gasteiger partial charge is 0.465 e. The van der Waals surface area contributed by atoms with Crippen molar-refractivity contribution < 1.29 is 9.53 Å². The molecule has 0 saturated carbocycles. The number of hydrogen-bond acceptors (Lipinski definition) is 3. The molecule has 0 aliphatic carbocycles. The average Bonchev–Trinajstić information content (AvgIpc) is 2.28. The molecule has 1 aliphatic heterocycles. The Morgan fingerprint density at radius 3 is 2.38 bits per heavy atom. The van der Waals surface area contributed by atoms with Gasteiger partial charge in [0.05, 0.1) is 13.2 Å². The van der Waals surface area contributed by atoms with Crippen LogP contribution in [0.4, 0.5) is 0 Å². The second-order valence-corrected chi connectivity index (χ2v) is 3.69. The SMILES string of the molecule is C=C=C1CC(=C=C)CN(CC(=O)OCC)C1. The van der Waals surface area contributed by atoms with Crippen LogP contribution >= 0.6 is 0 Å². The van der Waals surface area contributed by atoms with E-state index < -0.39 is 0 Å². The third kappa shape index (κ3) is 3.56. The van der Waals surface area contributed by atoms with Gasteiger partial charge in [-0.05, 0) is 18.1 Å². The van der Waals surface area contributed by atoms with Crippen molar-refractivity contribution in [1.82, 2.24) is 4.90 Å². The molecule has 3 nitrogen and oxygen atoms in total. The van der Waals surface area contributed by atoms with Crippen molar-refractivity contribution in [2.24, 2.45) is 0 Å². The van der Waals surface area contributed by atoms with Crippen molar-refractivity contribution in [3.63, 3.8) is 0 Å². The minimum absolute atomic E-state index is 0.198. The van der Waals surface area contributed by atoms with Crippen LogP contribution in [0.2, 0.25) is 0 Å². The number of piperidine rings is 1. The predicted molar refractivity (Wildman–Crippen MR) is 63.0 cm³/mol. The Hall–Kier alpha value is -1.53. The molecule has 1 rings (SSSR count). The highest BCUT2D eigenvalue weighted by Gasteiger charge is 2.20. The van der Waals surface area contributed by atoms with Crippen molar-refractivity contribution in [3.8, 4) is 0 Å². The van der Waals surface area contributed by atoms with Crippen LogP contribution in [0.1, 0.15) is 13.3 Å². The maximum Gasteiger partial charge on any atom is 0.320 e. The molecule has 16 heavy (non-hydrogen) atoms. The number of ether oxygens (including phenoxy) is 1. The maximum absolute atomic E-state index is 11.3. The zero-order valence-electron chi connectivity index (χ0n) is 9.71. The lowest BCUT2D eigenvalue weighted by Gasteiger charge is -2.27. The van der Waals surface area contributed by atoms with E-state index in [1.165, 1.54) is 0 Å². The van der Waals surface area contributed by atoms with E-state index in [4.69, 9.17) is 4.74 Å². The Balaban J connectivity index is 2.63. The highest BCUT2D eigenvalue weighted by molar-refractivity contribution is 5.71. The highest BCUT2D eigenvalue weighted by atomic mass is 16.5. The number of nitrogens with zero attached hydrogens (tertiary/aromatic N) is 1. The van der Waals surface area contributed by atoms with E-state index in [9.17, 15) is 4.79 Å². The van der Waals surface area contributed by atoms with Crippen molar-refractivity contribution in [2.45, 2.75) is 13.3 Å². The molecule has 0 spiro atoms. The van der Waals surface area contributed by atoms with Gasteiger partial charge in [-0.2, -0.15) is 0 Å². The highest BCUT2D eigenvalue weighted by Crippen LogP contribution is 2.18. The standard InChI is InChI=1S/C13H17NO2/c1-4-11-7-12(5-2)9-14(8-11)10-13(15)16-6-3/h1-2,6-10H2,3H3. The molecular formula is C13H17NO2. The van der Waals surface area contributed by atoms with Gasteiger partial charge in [-0.25, -0.2) is 0 Å². The van der Waals surface area contributed by atoms with E-state index in [0.29, 0.717) is 26.2 Å². The van der Waals surface area contributed by atoms with Gasteiger partial charge in [-0.1, -0.05) is 13.2 Å². The van der Waals surface area contributed by atoms with Crippen molar-refractivity contribution in [3.05, 3.63) is 35.8 Å². The van der Waals surface area contributed by atoms with Crippen LogP contribution in [-0.4, -0.2) is 37.1 Å². The second kappa shape index (κ2) is 6.14. The molecule has 0 aromatic heterocycles. The molecule has 1 fully saturated rings. The van der Waals surface area contributed by atoms with Crippen LogP contribution in [-0.2, 0) is 9.53 Å². The summed E-state index contributed by atoms with van der Waals surface area (Å²) in [7, 11) is 0. The molecule has 0 atom stereocenters. The van der Waals surface area contributed by atoms with Crippen LogP contribution in [0.3, 0.4) is 0 Å². The summed E-state index contributed by atoms with van der Waals surface area (Å²) >= 11 is 0. The average molecular weight is 219 g/mol. The van der Waals surface area contributed by atoms with E-state index in [-0.39, 0.29) is 5.97 Å². The van der Waals surface area contributed by atoms with Crippen LogP contribution in [0.25, 0.3) is 0 Å². The maximum atomic E-state index is 11.3. The Morgan fingerprint density at radius 2 is 1.94 bits per heavy atom. The molecular weight excluding hydrogens is 202 g/mol. The summed E-state index contributed by atoms with van der Waals surface area (Å²) in [5.41, 5.74) is 7.92. The molecule has 0 N–H and O–H groups in total. The lowest BCUT2D eigenvalue weighted by molar-refractivity contribution is -0.144. The molecule has 0 unspecified atom stereocenters. The van der Waals surface area contributed by atoms with E-state index >= 15 is 0 Å². The summed E-state index contributed by atoms with van der Waals surface area (Å²) < 4.78 is 4.91. The lowest BCUT2D eigenvalue weighted by Crippen LogP contribution is -2.37. The summed E-state index contributed by atoms with van der Waals surface area (Å²) in [6, 6.07) is 0. The first-order chi connectivity index (χ1) is 7.69. The fourth-order valence-electron chi connectivity index (χ4n) is 1.70. The van der Waals surface area contributed by atoms with Crippen LogP contribution in [0.15, 0.2) is 35.8 Å². The van der Waals surface area contributed by atoms with Crippen LogP contribution in [0, 0.1) is 0 Å². The van der Waals surface area contributed by atoms with E-state index in [1.54, 1.807) is 6.92 Å². The Kier molecular flexibility index (Phi) is 4.81. The van der Waals surface area contributed by atoms with Gasteiger partial charge in [0.1, 0.15) is 0 Å². The Labute approximate surface area is 96.4 Å². The predicted octanol–water partition coefficient (Wildman–Crippen LogP) is 1.68. The number of carbonyl (C=O) groups excluding carboxylic acids is 1. The molecule has 0 bridgehead atoms. The molecule has 1 aliphatic rings. The van der Waals surface area contributed by atoms with Gasteiger partial charge in [0.2, 0.25) is 0 Å². The number of rotatable bonds is 3.